The van der Waals surface area contributed by atoms with E-state index in [-0.39, 0.29) is 13.2 Å². The van der Waals surface area contributed by atoms with Gasteiger partial charge in [0.2, 0.25) is 0 Å². The summed E-state index contributed by atoms with van der Waals surface area (Å²) in [5.41, 5.74) is 4.35. The van der Waals surface area contributed by atoms with E-state index in [9.17, 15) is 0 Å². The van der Waals surface area contributed by atoms with Crippen molar-refractivity contribution in [3.05, 3.63) is 130 Å². The maximum absolute atomic E-state index is 15.2. The molecule has 4 aliphatic heterocycles. The molecule has 6 bridgehead atoms. The molecule has 14 heteroatoms. The second-order valence-corrected chi connectivity index (χ2v) is 17.0. The molecule has 0 fully saturated rings. The van der Waals surface area contributed by atoms with E-state index in [0.717, 1.165) is 43.8 Å². The second kappa shape index (κ2) is 13.9. The molecule has 0 N–H and O–H groups in total. The topological polar surface area (TPSA) is 129 Å². The lowest BCUT2D eigenvalue weighted by atomic mass is 10.1. The Hall–Kier alpha value is -6.00. The molecule has 0 saturated heterocycles. The fourth-order valence-corrected chi connectivity index (χ4v) is 12.1. The van der Waals surface area contributed by atoms with Crippen LogP contribution < -0.4 is 11.0 Å². The molecule has 0 aliphatic carbocycles. The number of phosphoric ester groups is 1. The fraction of sp³-hybridized carbons (Fsp3) is 0.143. The summed E-state index contributed by atoms with van der Waals surface area (Å²) in [6.07, 6.45) is 0.647. The molecular formula is C42H30AlN8O4P. The van der Waals surface area contributed by atoms with E-state index in [1.165, 1.54) is 0 Å². The minimum Gasteiger partial charge on any atom is -0.373 e. The Morgan fingerprint density at radius 3 is 1.36 bits per heavy atom. The van der Waals surface area contributed by atoms with Crippen LogP contribution in [0.2, 0.25) is 0 Å². The van der Waals surface area contributed by atoms with Crippen molar-refractivity contribution < 1.29 is 17.2 Å². The zero-order chi connectivity index (χ0) is 37.8. The summed E-state index contributed by atoms with van der Waals surface area (Å²) < 4.78 is 38.3. The van der Waals surface area contributed by atoms with Crippen molar-refractivity contribution >= 4 is 79.3 Å². The molecule has 0 radical (unpaired) electrons. The molecule has 2 aromatic heterocycles. The van der Waals surface area contributed by atoms with Crippen LogP contribution in [-0.4, -0.2) is 58.6 Å². The minimum atomic E-state index is -4.38. The van der Waals surface area contributed by atoms with Gasteiger partial charge in [-0.2, -0.15) is 0 Å². The lowest BCUT2D eigenvalue weighted by Crippen LogP contribution is -2.48. The Bertz CT molecular complexity index is 2920. The Morgan fingerprint density at radius 2 is 0.929 bits per heavy atom. The van der Waals surface area contributed by atoms with E-state index >= 15 is 4.57 Å². The number of phosphoric acid groups is 1. The van der Waals surface area contributed by atoms with Gasteiger partial charge in [0.25, 0.3) is 0 Å². The van der Waals surface area contributed by atoms with E-state index in [1.54, 1.807) is 13.8 Å². The van der Waals surface area contributed by atoms with E-state index in [4.69, 9.17) is 42.6 Å². The molecule has 4 aliphatic rings. The van der Waals surface area contributed by atoms with Crippen molar-refractivity contribution in [3.63, 3.8) is 0 Å². The third kappa shape index (κ3) is 5.65. The van der Waals surface area contributed by atoms with Crippen molar-refractivity contribution in [2.24, 2.45) is 30.0 Å². The van der Waals surface area contributed by atoms with Crippen LogP contribution in [0.4, 0.5) is 11.6 Å². The van der Waals surface area contributed by atoms with Gasteiger partial charge in [-0.05, 0) is 13.8 Å². The number of hydrogen-bond acceptors (Lipinski definition) is 10. The van der Waals surface area contributed by atoms with Gasteiger partial charge in [0, 0.05) is 56.6 Å². The number of nitrogens with zero attached hydrogens (tertiary/aromatic N) is 8. The van der Waals surface area contributed by atoms with Crippen LogP contribution in [0.3, 0.4) is 0 Å². The lowest BCUT2D eigenvalue weighted by Gasteiger charge is -2.24. The van der Waals surface area contributed by atoms with Crippen LogP contribution in [0, 0.1) is 23.7 Å². The highest BCUT2D eigenvalue weighted by Gasteiger charge is 2.48. The number of rotatable bonds is 8. The van der Waals surface area contributed by atoms with Crippen molar-refractivity contribution in [1.29, 1.82) is 0 Å². The molecule has 270 valence electrons. The first-order valence-electron chi connectivity index (χ1n) is 18.2. The zero-order valence-corrected chi connectivity index (χ0v) is 32.4. The van der Waals surface area contributed by atoms with Gasteiger partial charge in [-0.1, -0.05) is 97.1 Å². The molecule has 4 aromatic carbocycles. The van der Waals surface area contributed by atoms with Gasteiger partial charge in [0.05, 0.1) is 13.2 Å². The zero-order valence-electron chi connectivity index (χ0n) is 30.3. The Labute approximate surface area is 326 Å². The van der Waals surface area contributed by atoms with Gasteiger partial charge in [-0.15, -0.1) is 23.7 Å². The summed E-state index contributed by atoms with van der Waals surface area (Å²) in [6, 6.07) is 31.6. The van der Waals surface area contributed by atoms with Crippen molar-refractivity contribution in [1.82, 2.24) is 7.10 Å². The maximum atomic E-state index is 15.2. The number of fused-ring (bicyclic) bond motifs is 14. The summed E-state index contributed by atoms with van der Waals surface area (Å²) in [7, 11) is -4.38. The molecule has 12 nitrogen and oxygen atoms in total. The Balaban J connectivity index is 1.37. The average molecular weight is 769 g/mol. The smallest absolute Gasteiger partial charge is 0.373 e. The predicted molar refractivity (Wildman–Crippen MR) is 218 cm³/mol. The van der Waals surface area contributed by atoms with Gasteiger partial charge in [0.1, 0.15) is 22.6 Å². The van der Waals surface area contributed by atoms with Crippen LogP contribution in [0.5, 0.6) is 0 Å². The highest BCUT2D eigenvalue weighted by molar-refractivity contribution is 7.49. The quantitative estimate of drug-likeness (QED) is 0.0722. The Kier molecular flexibility index (Phi) is 8.58. The van der Waals surface area contributed by atoms with Crippen LogP contribution in [0.15, 0.2) is 127 Å². The first-order valence-corrected chi connectivity index (χ1v) is 21.1. The standard InChI is InChI=1S/C32H16N8.C10H15O4P.Al/c1-2-10-18-17(9-1)25-33-26(18)38-28-21-13-5-6-14-22(21)30(35-28)40-32-24-16-8-7-15-23(24)31(36-32)39-29-20-12-4-3-11-19(20)27(34-29)37-25;1-3-5-7-9-13-15(11,12)14-10-8-6-4-2;/h1-16H;7-10H2,1-2H3,(H,11,12);/q-2;;+3/p-1. The molecule has 0 unspecified atom stereocenters. The highest BCUT2D eigenvalue weighted by atomic mass is 31.2. The first kappa shape index (κ1) is 34.5. The fourth-order valence-electron chi connectivity index (χ4n) is 7.36. The van der Waals surface area contributed by atoms with Crippen LogP contribution >= 0.6 is 7.82 Å². The van der Waals surface area contributed by atoms with Crippen molar-refractivity contribution in [2.75, 3.05) is 13.2 Å². The molecule has 6 aromatic rings. The molecule has 0 saturated carbocycles. The molecule has 10 rings (SSSR count). The number of aliphatic imine (C=N–C) groups is 4. The number of aromatic nitrogens is 2. The first-order chi connectivity index (χ1) is 27.5. The second-order valence-electron chi connectivity index (χ2n) is 13.1. The van der Waals surface area contributed by atoms with Gasteiger partial charge >= 0.3 is 22.7 Å². The van der Waals surface area contributed by atoms with Crippen LogP contribution in [0.25, 0.3) is 21.5 Å². The maximum Gasteiger partial charge on any atom is 0.818 e. The van der Waals surface area contributed by atoms with Crippen LogP contribution in [0.1, 0.15) is 48.9 Å². The van der Waals surface area contributed by atoms with Gasteiger partial charge in [-0.3, -0.25) is 9.05 Å². The average Bonchev–Trinajstić information content (AvgIpc) is 3.94. The lowest BCUT2D eigenvalue weighted by molar-refractivity contribution is 0.158. The summed E-state index contributed by atoms with van der Waals surface area (Å²) in [5, 5.41) is 3.16. The third-order valence-corrected chi connectivity index (χ3v) is 14.4. The Morgan fingerprint density at radius 1 is 0.536 bits per heavy atom. The molecule has 6 heterocycles. The normalized spacial score (nSPS) is 14.5. The minimum absolute atomic E-state index is 0.0109. The summed E-state index contributed by atoms with van der Waals surface area (Å²) in [6.45, 7) is 3.51. The van der Waals surface area contributed by atoms with Crippen molar-refractivity contribution in [3.8, 4) is 23.7 Å². The van der Waals surface area contributed by atoms with E-state index < -0.39 is 22.7 Å². The molecule has 56 heavy (non-hydrogen) atoms. The monoisotopic (exact) mass is 768 g/mol. The molecule has 0 amide bonds. The van der Waals surface area contributed by atoms with Gasteiger partial charge in [-0.25, -0.2) is 34.5 Å². The van der Waals surface area contributed by atoms with Crippen LogP contribution in [-0.2, 0) is 17.2 Å². The van der Waals surface area contributed by atoms with Crippen molar-refractivity contribution in [2.45, 2.75) is 26.7 Å². The molecule has 0 spiro atoms. The summed E-state index contributed by atoms with van der Waals surface area (Å²) in [5.74, 6) is 14.7. The molecular weight excluding hydrogens is 738 g/mol. The SMILES string of the molecule is CC#CCCOP(=O)(OCCC#CC)[O][Al]1[n]2c3c4ccccc4c2N=C2N=C(N=c4c5ccccc5c([n]41)=NC1=NC(=N3)c3ccccc31)c1ccccc12. The predicted octanol–water partition coefficient (Wildman–Crippen LogP) is 6.91. The summed E-state index contributed by atoms with van der Waals surface area (Å²) >= 11 is -3.54. The largest absolute Gasteiger partial charge is 0.818 e. The van der Waals surface area contributed by atoms with Gasteiger partial charge < -0.3 is 10.7 Å². The van der Waals surface area contributed by atoms with E-state index in [2.05, 4.69) is 23.7 Å². The highest BCUT2D eigenvalue weighted by Crippen LogP contribution is 2.52. The summed E-state index contributed by atoms with van der Waals surface area (Å²) in [4.78, 5) is 31.4. The van der Waals surface area contributed by atoms with E-state index in [1.807, 2.05) is 104 Å². The molecule has 0 atom stereocenters. The number of benzene rings is 4. The number of amidine groups is 4. The third-order valence-electron chi connectivity index (χ3n) is 9.79. The van der Waals surface area contributed by atoms with Gasteiger partial charge in [0.15, 0.2) is 23.3 Å². The number of hydrogen-bond donors (Lipinski definition) is 0. The van der Waals surface area contributed by atoms with E-state index in [0.29, 0.717) is 58.8 Å².